The van der Waals surface area contributed by atoms with E-state index in [1.54, 1.807) is 19.0 Å². The molecular weight excluding hydrogens is 392 g/mol. The molecule has 1 N–H and O–H groups in total. The Morgan fingerprint density at radius 1 is 1.13 bits per heavy atom. The number of imidazole rings is 1. The van der Waals surface area contributed by atoms with Crippen LogP contribution in [-0.4, -0.2) is 82.5 Å². The molecule has 1 aliphatic carbocycles. The van der Waals surface area contributed by atoms with E-state index >= 15 is 0 Å². The molecule has 3 amide bonds. The van der Waals surface area contributed by atoms with Gasteiger partial charge in [-0.1, -0.05) is 12.8 Å². The fraction of sp³-hybridized carbons (Fsp3) is 0.609. The molecule has 1 saturated heterocycles. The van der Waals surface area contributed by atoms with Gasteiger partial charge in [0.25, 0.3) is 5.91 Å². The quantitative estimate of drug-likeness (QED) is 0.797. The van der Waals surface area contributed by atoms with Crippen molar-refractivity contribution in [3.05, 3.63) is 29.6 Å². The molecule has 0 bridgehead atoms. The van der Waals surface area contributed by atoms with E-state index in [1.165, 1.54) is 12.8 Å². The van der Waals surface area contributed by atoms with Crippen molar-refractivity contribution >= 4 is 23.0 Å². The molecule has 8 heteroatoms. The van der Waals surface area contributed by atoms with Crippen molar-refractivity contribution < 1.29 is 9.59 Å². The minimum Gasteiger partial charge on any atom is -0.345 e. The molecule has 31 heavy (non-hydrogen) atoms. The third kappa shape index (κ3) is 4.69. The molecule has 168 valence electrons. The zero-order chi connectivity index (χ0) is 22.0. The summed E-state index contributed by atoms with van der Waals surface area (Å²) >= 11 is 0. The van der Waals surface area contributed by atoms with E-state index in [0.717, 1.165) is 69.0 Å². The van der Waals surface area contributed by atoms with Gasteiger partial charge in [-0.3, -0.25) is 9.69 Å². The Balaban J connectivity index is 1.40. The molecular formula is C23H34N6O2. The van der Waals surface area contributed by atoms with E-state index in [0.29, 0.717) is 11.6 Å². The molecule has 1 saturated carbocycles. The van der Waals surface area contributed by atoms with E-state index in [-0.39, 0.29) is 11.9 Å². The largest absolute Gasteiger partial charge is 0.345 e. The van der Waals surface area contributed by atoms with Crippen LogP contribution in [0.2, 0.25) is 0 Å². The van der Waals surface area contributed by atoms with Crippen molar-refractivity contribution in [2.75, 3.05) is 40.3 Å². The van der Waals surface area contributed by atoms with Gasteiger partial charge in [-0.05, 0) is 38.0 Å². The van der Waals surface area contributed by atoms with Crippen molar-refractivity contribution in [2.24, 2.45) is 0 Å². The smallest absolute Gasteiger partial charge is 0.317 e. The summed E-state index contributed by atoms with van der Waals surface area (Å²) in [6.45, 7) is 6.87. The molecule has 4 rings (SSSR count). The zero-order valence-electron chi connectivity index (χ0n) is 18.9. The molecule has 2 aromatic rings. The number of fused-ring (bicyclic) bond motifs is 1. The standard InChI is InChI=1S/C23H34N6O2/c1-4-29-20-10-9-17(22(30)26(2)3)15-19(20)25-21(29)16-27-11-13-28(14-12-27)23(31)24-18-7-5-6-8-18/h9-10,15,18H,4-8,11-14,16H2,1-3H3,(H,24,31). The number of aromatic nitrogens is 2. The lowest BCUT2D eigenvalue weighted by Crippen LogP contribution is -2.53. The van der Waals surface area contributed by atoms with E-state index in [1.807, 2.05) is 23.1 Å². The van der Waals surface area contributed by atoms with Crippen LogP contribution in [0.5, 0.6) is 0 Å². The fourth-order valence-electron chi connectivity index (χ4n) is 4.69. The van der Waals surface area contributed by atoms with Gasteiger partial charge >= 0.3 is 6.03 Å². The number of piperazine rings is 1. The van der Waals surface area contributed by atoms with Crippen LogP contribution >= 0.6 is 0 Å². The first kappa shape index (κ1) is 21.6. The van der Waals surface area contributed by atoms with Gasteiger partial charge in [0.1, 0.15) is 5.82 Å². The normalized spacial score (nSPS) is 18.0. The lowest BCUT2D eigenvalue weighted by atomic mass is 10.2. The van der Waals surface area contributed by atoms with Gasteiger partial charge in [-0.15, -0.1) is 0 Å². The minimum atomic E-state index is -0.0125. The third-order valence-electron chi connectivity index (χ3n) is 6.50. The summed E-state index contributed by atoms with van der Waals surface area (Å²) in [5.41, 5.74) is 2.58. The number of amides is 3. The molecule has 0 radical (unpaired) electrons. The Labute approximate surface area is 184 Å². The van der Waals surface area contributed by atoms with Crippen LogP contribution in [-0.2, 0) is 13.1 Å². The number of rotatable bonds is 5. The summed E-state index contributed by atoms with van der Waals surface area (Å²) in [7, 11) is 3.52. The van der Waals surface area contributed by atoms with Gasteiger partial charge < -0.3 is 19.7 Å². The molecule has 1 aromatic heterocycles. The lowest BCUT2D eigenvalue weighted by molar-refractivity contribution is 0.0827. The number of benzene rings is 1. The van der Waals surface area contributed by atoms with Crippen LogP contribution in [0.15, 0.2) is 18.2 Å². The molecule has 2 heterocycles. The average Bonchev–Trinajstić information content (AvgIpc) is 3.40. The van der Waals surface area contributed by atoms with Gasteiger partial charge in [-0.2, -0.15) is 0 Å². The lowest BCUT2D eigenvalue weighted by Gasteiger charge is -2.35. The topological polar surface area (TPSA) is 73.7 Å². The molecule has 8 nitrogen and oxygen atoms in total. The van der Waals surface area contributed by atoms with Crippen LogP contribution in [0.3, 0.4) is 0 Å². The number of hydrogen-bond acceptors (Lipinski definition) is 4. The average molecular weight is 427 g/mol. The Hall–Kier alpha value is -2.61. The maximum Gasteiger partial charge on any atom is 0.317 e. The number of carbonyl (C=O) groups excluding carboxylic acids is 2. The highest BCUT2D eigenvalue weighted by atomic mass is 16.2. The summed E-state index contributed by atoms with van der Waals surface area (Å²) in [5.74, 6) is 0.998. The van der Waals surface area contributed by atoms with Crippen molar-refractivity contribution in [3.63, 3.8) is 0 Å². The summed E-state index contributed by atoms with van der Waals surface area (Å²) in [4.78, 5) is 35.6. The number of urea groups is 1. The number of nitrogens with zero attached hydrogens (tertiary/aromatic N) is 5. The Morgan fingerprint density at radius 2 is 1.84 bits per heavy atom. The molecule has 1 aromatic carbocycles. The Bertz CT molecular complexity index is 939. The second-order valence-corrected chi connectivity index (χ2v) is 8.87. The van der Waals surface area contributed by atoms with Gasteiger partial charge in [0, 0.05) is 58.4 Å². The zero-order valence-corrected chi connectivity index (χ0v) is 18.9. The number of nitrogens with one attached hydrogen (secondary N) is 1. The molecule has 0 spiro atoms. The predicted molar refractivity (Wildman–Crippen MR) is 121 cm³/mol. The van der Waals surface area contributed by atoms with E-state index in [4.69, 9.17) is 4.98 Å². The summed E-state index contributed by atoms with van der Waals surface area (Å²) < 4.78 is 2.22. The SMILES string of the molecule is CCn1c(CN2CCN(C(=O)NC3CCCC3)CC2)nc2cc(C(=O)N(C)C)ccc21. The maximum absolute atomic E-state index is 12.5. The maximum atomic E-state index is 12.5. The minimum absolute atomic E-state index is 0.0125. The van der Waals surface area contributed by atoms with E-state index in [9.17, 15) is 9.59 Å². The Morgan fingerprint density at radius 3 is 2.48 bits per heavy atom. The van der Waals surface area contributed by atoms with Gasteiger partial charge in [0.15, 0.2) is 0 Å². The van der Waals surface area contributed by atoms with Crippen molar-refractivity contribution in [1.82, 2.24) is 29.6 Å². The highest BCUT2D eigenvalue weighted by molar-refractivity contribution is 5.97. The van der Waals surface area contributed by atoms with Crippen LogP contribution in [0.1, 0.15) is 48.8 Å². The van der Waals surface area contributed by atoms with E-state index in [2.05, 4.69) is 21.7 Å². The molecule has 1 aliphatic heterocycles. The summed E-state index contributed by atoms with van der Waals surface area (Å²) in [6, 6.07) is 6.21. The van der Waals surface area contributed by atoms with Crippen molar-refractivity contribution in [1.29, 1.82) is 0 Å². The first-order valence-electron chi connectivity index (χ1n) is 11.4. The molecule has 0 unspecified atom stereocenters. The molecule has 2 fully saturated rings. The first-order valence-corrected chi connectivity index (χ1v) is 11.4. The predicted octanol–water partition coefficient (Wildman–Crippen LogP) is 2.53. The fourth-order valence-corrected chi connectivity index (χ4v) is 4.69. The van der Waals surface area contributed by atoms with Crippen LogP contribution in [0, 0.1) is 0 Å². The highest BCUT2D eigenvalue weighted by Gasteiger charge is 2.25. The number of aryl methyl sites for hydroxylation is 1. The number of carbonyl (C=O) groups is 2. The Kier molecular flexibility index (Phi) is 6.46. The highest BCUT2D eigenvalue weighted by Crippen LogP contribution is 2.21. The monoisotopic (exact) mass is 426 g/mol. The van der Waals surface area contributed by atoms with Crippen LogP contribution < -0.4 is 5.32 Å². The number of hydrogen-bond donors (Lipinski definition) is 1. The van der Waals surface area contributed by atoms with Crippen LogP contribution in [0.4, 0.5) is 4.79 Å². The first-order chi connectivity index (χ1) is 15.0. The van der Waals surface area contributed by atoms with Gasteiger partial charge in [0.2, 0.25) is 0 Å². The van der Waals surface area contributed by atoms with Crippen molar-refractivity contribution in [3.8, 4) is 0 Å². The second kappa shape index (κ2) is 9.26. The third-order valence-corrected chi connectivity index (χ3v) is 6.50. The second-order valence-electron chi connectivity index (χ2n) is 8.87. The molecule has 2 aliphatic rings. The van der Waals surface area contributed by atoms with Gasteiger partial charge in [0.05, 0.1) is 17.6 Å². The van der Waals surface area contributed by atoms with Gasteiger partial charge in [-0.25, -0.2) is 9.78 Å². The van der Waals surface area contributed by atoms with Crippen LogP contribution in [0.25, 0.3) is 11.0 Å². The summed E-state index contributed by atoms with van der Waals surface area (Å²) in [6.07, 6.45) is 4.67. The molecule has 0 atom stereocenters. The van der Waals surface area contributed by atoms with E-state index < -0.39 is 0 Å². The van der Waals surface area contributed by atoms with Crippen molar-refractivity contribution in [2.45, 2.75) is 51.7 Å². The summed E-state index contributed by atoms with van der Waals surface area (Å²) in [5, 5.41) is 3.19.